The molecule has 1 amide bonds. The fourth-order valence-corrected chi connectivity index (χ4v) is 6.73. The number of carbonyl (C=O) groups is 1. The molecule has 0 N–H and O–H groups in total. The van der Waals surface area contributed by atoms with Gasteiger partial charge in [-0.3, -0.25) is 4.90 Å². The summed E-state index contributed by atoms with van der Waals surface area (Å²) in [6.45, 7) is 9.78. The molecule has 0 radical (unpaired) electrons. The lowest BCUT2D eigenvalue weighted by Crippen LogP contribution is -2.42. The summed E-state index contributed by atoms with van der Waals surface area (Å²) in [5, 5.41) is 4.68. The van der Waals surface area contributed by atoms with E-state index in [1.54, 1.807) is 41.4 Å². The number of carbonyl (C=O) groups excluding carboxylic acids is 1. The highest BCUT2D eigenvalue weighted by Crippen LogP contribution is 2.35. The van der Waals surface area contributed by atoms with E-state index in [0.29, 0.717) is 18.8 Å². The molecule has 40 heavy (non-hydrogen) atoms. The molecule has 0 unspecified atom stereocenters. The van der Waals surface area contributed by atoms with Crippen molar-refractivity contribution in [2.75, 3.05) is 26.2 Å². The molecule has 2 aliphatic heterocycles. The van der Waals surface area contributed by atoms with Crippen LogP contribution in [0.2, 0.25) is 0 Å². The van der Waals surface area contributed by atoms with Crippen molar-refractivity contribution >= 4 is 16.1 Å². The molecular formula is C31H40N4O4S. The number of hydrogen-bond acceptors (Lipinski definition) is 6. The molecule has 2 fully saturated rings. The van der Waals surface area contributed by atoms with E-state index in [0.717, 1.165) is 47.7 Å². The largest absolute Gasteiger partial charge is 0.444 e. The summed E-state index contributed by atoms with van der Waals surface area (Å²) in [5.41, 5.74) is 3.04. The van der Waals surface area contributed by atoms with Crippen molar-refractivity contribution in [3.63, 3.8) is 0 Å². The van der Waals surface area contributed by atoms with Crippen LogP contribution >= 0.6 is 0 Å². The molecule has 3 heterocycles. The molecular weight excluding hydrogens is 524 g/mol. The fourth-order valence-electron chi connectivity index (χ4n) is 5.57. The van der Waals surface area contributed by atoms with Gasteiger partial charge in [-0.2, -0.15) is 17.6 Å². The smallest absolute Gasteiger partial charge is 0.410 e. The highest BCUT2D eigenvalue weighted by Gasteiger charge is 2.32. The van der Waals surface area contributed by atoms with Gasteiger partial charge < -0.3 is 9.64 Å². The summed E-state index contributed by atoms with van der Waals surface area (Å²) in [4.78, 5) is 17.3. The first-order valence-corrected chi connectivity index (χ1v) is 15.7. The lowest BCUT2D eigenvalue weighted by atomic mass is 9.90. The molecule has 8 nitrogen and oxygen atoms in total. The van der Waals surface area contributed by atoms with Crippen LogP contribution in [0.15, 0.2) is 65.7 Å². The van der Waals surface area contributed by atoms with Gasteiger partial charge in [-0.25, -0.2) is 4.79 Å². The van der Waals surface area contributed by atoms with Gasteiger partial charge >= 0.3 is 6.09 Å². The zero-order valence-corrected chi connectivity index (χ0v) is 24.6. The summed E-state index contributed by atoms with van der Waals surface area (Å²) in [6.07, 6.45) is 6.68. The van der Waals surface area contributed by atoms with E-state index in [1.807, 2.05) is 20.8 Å². The summed E-state index contributed by atoms with van der Waals surface area (Å²) < 4.78 is 33.8. The Morgan fingerprint density at radius 3 is 2.33 bits per heavy atom. The highest BCUT2D eigenvalue weighted by molar-refractivity contribution is 7.89. The van der Waals surface area contributed by atoms with Crippen molar-refractivity contribution in [3.05, 3.63) is 72.1 Å². The third-order valence-corrected chi connectivity index (χ3v) is 9.14. The second kappa shape index (κ2) is 11.7. The van der Waals surface area contributed by atoms with Crippen LogP contribution in [0.1, 0.15) is 70.1 Å². The number of rotatable bonds is 6. The lowest BCUT2D eigenvalue weighted by Gasteiger charge is -2.33. The topological polar surface area (TPSA) is 84.7 Å². The Labute approximate surface area is 238 Å². The maximum absolute atomic E-state index is 13.5. The average Bonchev–Trinajstić information content (AvgIpc) is 3.40. The Morgan fingerprint density at radius 1 is 0.950 bits per heavy atom. The normalized spacial score (nSPS) is 19.0. The van der Waals surface area contributed by atoms with Gasteiger partial charge in [-0.1, -0.05) is 48.9 Å². The van der Waals surface area contributed by atoms with E-state index >= 15 is 0 Å². The van der Waals surface area contributed by atoms with Crippen LogP contribution in [0.4, 0.5) is 4.79 Å². The quantitative estimate of drug-likeness (QED) is 0.371. The van der Waals surface area contributed by atoms with Crippen molar-refractivity contribution < 1.29 is 17.9 Å². The molecule has 1 aromatic heterocycles. The molecule has 2 aromatic carbocycles. The maximum Gasteiger partial charge on any atom is 0.410 e. The summed E-state index contributed by atoms with van der Waals surface area (Å²) in [6, 6.07) is 16.7. The van der Waals surface area contributed by atoms with E-state index in [1.165, 1.54) is 24.8 Å². The number of ether oxygens (including phenoxy) is 1. The van der Waals surface area contributed by atoms with Crippen LogP contribution in [0.5, 0.6) is 0 Å². The SMILES string of the molecule is CC(C)(C)OC(=O)N1CCC[C@@H](c2nn(S(=O)(=O)c3ccccc3)cc2-c2ccc(CN3CCCCC3)cc2)C1. The van der Waals surface area contributed by atoms with Crippen LogP contribution in [-0.4, -0.2) is 65.3 Å². The van der Waals surface area contributed by atoms with Crippen molar-refractivity contribution in [3.8, 4) is 11.1 Å². The first kappa shape index (κ1) is 28.4. The second-order valence-electron chi connectivity index (χ2n) is 11.9. The van der Waals surface area contributed by atoms with Gasteiger partial charge in [0.05, 0.1) is 16.8 Å². The van der Waals surface area contributed by atoms with Crippen molar-refractivity contribution in [1.29, 1.82) is 0 Å². The maximum atomic E-state index is 13.5. The molecule has 3 aromatic rings. The van der Waals surface area contributed by atoms with Gasteiger partial charge in [0.15, 0.2) is 0 Å². The predicted octanol–water partition coefficient (Wildman–Crippen LogP) is 5.89. The first-order chi connectivity index (χ1) is 19.1. The molecule has 2 saturated heterocycles. The minimum atomic E-state index is -3.87. The number of piperidine rings is 2. The fraction of sp³-hybridized carbons (Fsp3) is 0.484. The number of aromatic nitrogens is 2. The van der Waals surface area contributed by atoms with Gasteiger partial charge in [0.25, 0.3) is 10.0 Å². The number of hydrogen-bond donors (Lipinski definition) is 0. The van der Waals surface area contributed by atoms with Crippen molar-refractivity contribution in [2.45, 2.75) is 75.8 Å². The number of nitrogens with zero attached hydrogens (tertiary/aromatic N) is 4. The van der Waals surface area contributed by atoms with Crippen molar-refractivity contribution in [2.24, 2.45) is 0 Å². The van der Waals surface area contributed by atoms with Crippen LogP contribution in [0.25, 0.3) is 11.1 Å². The average molecular weight is 565 g/mol. The van der Waals surface area contributed by atoms with Gasteiger partial charge in [-0.05, 0) is 82.8 Å². The Hall–Kier alpha value is -3.17. The van der Waals surface area contributed by atoms with E-state index in [2.05, 4.69) is 34.3 Å². The van der Waals surface area contributed by atoms with Gasteiger partial charge in [0.1, 0.15) is 5.60 Å². The third kappa shape index (κ3) is 6.58. The molecule has 5 rings (SSSR count). The summed E-state index contributed by atoms with van der Waals surface area (Å²) in [5.74, 6) is -0.114. The van der Waals surface area contributed by atoms with Crippen LogP contribution in [0, 0.1) is 0 Å². The monoisotopic (exact) mass is 564 g/mol. The molecule has 9 heteroatoms. The molecule has 0 bridgehead atoms. The third-order valence-electron chi connectivity index (χ3n) is 7.59. The number of benzene rings is 2. The Balaban J connectivity index is 1.47. The number of amides is 1. The minimum absolute atomic E-state index is 0.114. The van der Waals surface area contributed by atoms with Crippen LogP contribution < -0.4 is 0 Å². The molecule has 0 aliphatic carbocycles. The van der Waals surface area contributed by atoms with Crippen LogP contribution in [-0.2, 0) is 21.3 Å². The van der Waals surface area contributed by atoms with Crippen LogP contribution in [0.3, 0.4) is 0 Å². The van der Waals surface area contributed by atoms with E-state index in [-0.39, 0.29) is 16.9 Å². The van der Waals surface area contributed by atoms with E-state index < -0.39 is 15.6 Å². The highest BCUT2D eigenvalue weighted by atomic mass is 32.2. The zero-order valence-electron chi connectivity index (χ0n) is 23.8. The predicted molar refractivity (Wildman–Crippen MR) is 156 cm³/mol. The van der Waals surface area contributed by atoms with Gasteiger partial charge in [-0.15, -0.1) is 0 Å². The Morgan fingerprint density at radius 2 is 1.65 bits per heavy atom. The van der Waals surface area contributed by atoms with Gasteiger partial charge in [0.2, 0.25) is 0 Å². The second-order valence-corrected chi connectivity index (χ2v) is 13.7. The minimum Gasteiger partial charge on any atom is -0.444 e. The zero-order chi connectivity index (χ0) is 28.3. The van der Waals surface area contributed by atoms with E-state index in [9.17, 15) is 13.2 Å². The molecule has 214 valence electrons. The summed E-state index contributed by atoms with van der Waals surface area (Å²) in [7, 11) is -3.87. The molecule has 2 aliphatic rings. The molecule has 0 saturated carbocycles. The van der Waals surface area contributed by atoms with E-state index in [4.69, 9.17) is 4.74 Å². The van der Waals surface area contributed by atoms with Crippen molar-refractivity contribution in [1.82, 2.24) is 19.0 Å². The Bertz CT molecular complexity index is 1410. The summed E-state index contributed by atoms with van der Waals surface area (Å²) >= 11 is 0. The first-order valence-electron chi connectivity index (χ1n) is 14.3. The van der Waals surface area contributed by atoms with Gasteiger partial charge in [0, 0.05) is 31.1 Å². The Kier molecular flexibility index (Phi) is 8.33. The lowest BCUT2D eigenvalue weighted by molar-refractivity contribution is 0.0197. The molecule has 0 spiro atoms. The number of likely N-dealkylation sites (tertiary alicyclic amines) is 2. The molecule has 1 atom stereocenters. The standard InChI is InChI=1S/C31H40N4O4S/c1-31(2,3)39-30(36)34-20-10-11-26(22-34)29-28(23-35(32-29)40(37,38)27-12-6-4-7-13-27)25-16-14-24(15-17-25)21-33-18-8-5-9-19-33/h4,6-7,12-17,23,26H,5,8-11,18-22H2,1-3H3/t26-/m1/s1.